The van der Waals surface area contributed by atoms with E-state index in [2.05, 4.69) is 215 Å². The van der Waals surface area contributed by atoms with E-state index in [-0.39, 0.29) is 0 Å². The van der Waals surface area contributed by atoms with Gasteiger partial charge in [-0.05, 0) is 117 Å². The van der Waals surface area contributed by atoms with Crippen molar-refractivity contribution in [1.82, 2.24) is 19.1 Å². The normalized spacial score (nSPS) is 12.2. The monoisotopic (exact) mass is 868 g/mol. The molecule has 4 nitrogen and oxygen atoms in total. The van der Waals surface area contributed by atoms with Crippen LogP contribution in [0.15, 0.2) is 218 Å². The van der Waals surface area contributed by atoms with Crippen molar-refractivity contribution in [1.29, 1.82) is 0 Å². The van der Waals surface area contributed by atoms with Crippen molar-refractivity contribution in [2.75, 3.05) is 0 Å². The number of hydrogen-bond acceptors (Lipinski definition) is 3. The van der Waals surface area contributed by atoms with Gasteiger partial charge in [-0.15, -0.1) is 11.3 Å². The van der Waals surface area contributed by atoms with Crippen LogP contribution in [0.5, 0.6) is 0 Å². The van der Waals surface area contributed by atoms with Gasteiger partial charge in [-0.3, -0.25) is 0 Å². The van der Waals surface area contributed by atoms with Crippen molar-refractivity contribution in [2.45, 2.75) is 0 Å². The molecule has 4 heterocycles. The molecule has 67 heavy (non-hydrogen) atoms. The Balaban J connectivity index is 0.968. The smallest absolute Gasteiger partial charge is 0.0979 e. The minimum absolute atomic E-state index is 0.876. The molecule has 0 atom stereocenters. The Kier molecular flexibility index (Phi) is 7.63. The standard InChI is InChI=1S/C62H36N4S/c1-3-14-40-34-55-50(32-38(40)12-1)46-16-5-9-21-54(46)65(55)45-28-29-47-51-33-39-13-2-4-15-41(39)35-56(51)66(57(47)36-45)44-27-26-37-24-25-42(30-43(37)31-44)61-62(64-53-20-8-7-19-52(53)63-61)49-18-11-23-59-60(49)48-17-6-10-22-58(48)67-59/h1-36H. The molecule has 0 amide bonds. The van der Waals surface area contributed by atoms with Gasteiger partial charge in [0.1, 0.15) is 0 Å². The van der Waals surface area contributed by atoms with E-state index in [1.165, 1.54) is 79.8 Å². The van der Waals surface area contributed by atoms with E-state index in [4.69, 9.17) is 9.97 Å². The number of nitrogens with zero attached hydrogens (tertiary/aromatic N) is 4. The summed E-state index contributed by atoms with van der Waals surface area (Å²) < 4.78 is 7.44. The number of benzene rings is 11. The van der Waals surface area contributed by atoms with Crippen LogP contribution < -0.4 is 0 Å². The van der Waals surface area contributed by atoms with E-state index >= 15 is 0 Å². The molecule has 4 aromatic heterocycles. The third-order valence-electron chi connectivity index (χ3n) is 14.0. The van der Waals surface area contributed by atoms with Crippen LogP contribution in [0.25, 0.3) is 141 Å². The van der Waals surface area contributed by atoms with Gasteiger partial charge in [0.2, 0.25) is 0 Å². The van der Waals surface area contributed by atoms with E-state index in [0.29, 0.717) is 0 Å². The number of thiophene rings is 1. The molecule has 0 N–H and O–H groups in total. The molecule has 0 unspecified atom stereocenters. The molecule has 0 saturated heterocycles. The summed E-state index contributed by atoms with van der Waals surface area (Å²) in [6, 6.07) is 79.8. The molecule has 0 spiro atoms. The van der Waals surface area contributed by atoms with Gasteiger partial charge < -0.3 is 9.13 Å². The zero-order valence-electron chi connectivity index (χ0n) is 36.0. The van der Waals surface area contributed by atoms with Crippen LogP contribution >= 0.6 is 11.3 Å². The van der Waals surface area contributed by atoms with E-state index < -0.39 is 0 Å². The highest BCUT2D eigenvalue weighted by Crippen LogP contribution is 2.44. The van der Waals surface area contributed by atoms with Gasteiger partial charge in [-0.2, -0.15) is 0 Å². The molecule has 5 heteroatoms. The zero-order chi connectivity index (χ0) is 43.7. The van der Waals surface area contributed by atoms with Crippen molar-refractivity contribution in [3.8, 4) is 33.9 Å². The second-order valence-corrected chi connectivity index (χ2v) is 18.8. The van der Waals surface area contributed by atoms with Gasteiger partial charge in [-0.1, -0.05) is 133 Å². The van der Waals surface area contributed by atoms with Crippen LogP contribution in [0.4, 0.5) is 0 Å². The van der Waals surface area contributed by atoms with E-state index in [1.54, 1.807) is 0 Å². The quantitative estimate of drug-likeness (QED) is 0.177. The highest BCUT2D eigenvalue weighted by atomic mass is 32.1. The molecule has 0 bridgehead atoms. The molecule has 0 aliphatic carbocycles. The molecule has 0 fully saturated rings. The highest BCUT2D eigenvalue weighted by Gasteiger charge is 2.21. The Morgan fingerprint density at radius 2 is 0.866 bits per heavy atom. The molecule has 0 radical (unpaired) electrons. The average Bonchev–Trinajstić information content (AvgIpc) is 4.03. The number of fused-ring (bicyclic) bond motifs is 13. The maximum absolute atomic E-state index is 5.41. The van der Waals surface area contributed by atoms with Crippen molar-refractivity contribution in [3.05, 3.63) is 218 Å². The van der Waals surface area contributed by atoms with Crippen molar-refractivity contribution in [2.24, 2.45) is 0 Å². The predicted molar refractivity (Wildman–Crippen MR) is 284 cm³/mol. The molecule has 310 valence electrons. The predicted octanol–water partition coefficient (Wildman–Crippen LogP) is 17.0. The second-order valence-electron chi connectivity index (χ2n) is 17.8. The summed E-state index contributed by atoms with van der Waals surface area (Å²) in [5.41, 5.74) is 12.6. The van der Waals surface area contributed by atoms with E-state index in [0.717, 1.165) is 61.2 Å². The maximum Gasteiger partial charge on any atom is 0.0979 e. The lowest BCUT2D eigenvalue weighted by Gasteiger charge is -2.14. The SMILES string of the molecule is c1ccc2cc3c(cc2c1)c1ccccc1n3-c1ccc2c3cc4ccccc4cc3n(-c3ccc4ccc(-c5nc6ccccc6nc5-c5cccc6sc7ccccc7c56)cc4c3)c2c1. The number of aromatic nitrogens is 4. The third-order valence-corrected chi connectivity index (χ3v) is 15.1. The lowest BCUT2D eigenvalue weighted by atomic mass is 9.97. The topological polar surface area (TPSA) is 35.6 Å². The van der Waals surface area contributed by atoms with Gasteiger partial charge in [0, 0.05) is 64.2 Å². The lowest BCUT2D eigenvalue weighted by molar-refractivity contribution is 1.16. The minimum Gasteiger partial charge on any atom is -0.309 e. The maximum atomic E-state index is 5.41. The Hall–Kier alpha value is -8.64. The van der Waals surface area contributed by atoms with Crippen LogP contribution in [0.3, 0.4) is 0 Å². The summed E-state index contributed by atoms with van der Waals surface area (Å²) in [7, 11) is 0. The summed E-state index contributed by atoms with van der Waals surface area (Å²) in [4.78, 5) is 10.8. The first kappa shape index (κ1) is 36.7. The molecule has 0 aliphatic rings. The molecule has 0 aliphatic heterocycles. The van der Waals surface area contributed by atoms with Crippen molar-refractivity contribution < 1.29 is 0 Å². The first-order valence-electron chi connectivity index (χ1n) is 22.8. The summed E-state index contributed by atoms with van der Waals surface area (Å²) in [6.45, 7) is 0. The average molecular weight is 869 g/mol. The lowest BCUT2D eigenvalue weighted by Crippen LogP contribution is -1.98. The number of rotatable bonds is 4. The van der Waals surface area contributed by atoms with Crippen LogP contribution in [0.1, 0.15) is 0 Å². The number of hydrogen-bond donors (Lipinski definition) is 0. The fraction of sp³-hybridized carbons (Fsp3) is 0. The molecule has 0 saturated carbocycles. The molecular weight excluding hydrogens is 833 g/mol. The summed E-state index contributed by atoms with van der Waals surface area (Å²) >= 11 is 1.83. The van der Waals surface area contributed by atoms with Gasteiger partial charge in [0.05, 0.1) is 44.5 Å². The first-order valence-corrected chi connectivity index (χ1v) is 23.6. The molecular formula is C62H36N4S. The van der Waals surface area contributed by atoms with Gasteiger partial charge in [-0.25, -0.2) is 9.97 Å². The molecule has 15 rings (SSSR count). The van der Waals surface area contributed by atoms with Gasteiger partial charge in [0.15, 0.2) is 0 Å². The highest BCUT2D eigenvalue weighted by molar-refractivity contribution is 7.25. The fourth-order valence-corrected chi connectivity index (χ4v) is 12.1. The van der Waals surface area contributed by atoms with Crippen LogP contribution in [0, 0.1) is 0 Å². The summed E-state index contributed by atoms with van der Waals surface area (Å²) in [6.07, 6.45) is 0. The third kappa shape index (κ3) is 5.46. The van der Waals surface area contributed by atoms with Crippen LogP contribution in [0.2, 0.25) is 0 Å². The van der Waals surface area contributed by atoms with Gasteiger partial charge in [0.25, 0.3) is 0 Å². The largest absolute Gasteiger partial charge is 0.309 e. The van der Waals surface area contributed by atoms with E-state index in [1.807, 2.05) is 23.5 Å². The van der Waals surface area contributed by atoms with E-state index in [9.17, 15) is 0 Å². The van der Waals surface area contributed by atoms with Crippen molar-refractivity contribution >= 4 is 118 Å². The Bertz CT molecular complexity index is 4590. The first-order chi connectivity index (χ1) is 33.2. The Morgan fingerprint density at radius 3 is 1.63 bits per heavy atom. The molecule has 15 aromatic rings. The van der Waals surface area contributed by atoms with Crippen LogP contribution in [-0.4, -0.2) is 19.1 Å². The number of para-hydroxylation sites is 3. The van der Waals surface area contributed by atoms with Crippen molar-refractivity contribution in [3.63, 3.8) is 0 Å². The summed E-state index contributed by atoms with van der Waals surface area (Å²) in [5, 5.41) is 14.7. The second kappa shape index (κ2) is 13.9. The summed E-state index contributed by atoms with van der Waals surface area (Å²) in [5.74, 6) is 0. The van der Waals surface area contributed by atoms with Crippen LogP contribution in [-0.2, 0) is 0 Å². The fourth-order valence-electron chi connectivity index (χ4n) is 10.9. The Morgan fingerprint density at radius 1 is 0.313 bits per heavy atom. The van der Waals surface area contributed by atoms with Gasteiger partial charge >= 0.3 is 0 Å². The zero-order valence-corrected chi connectivity index (χ0v) is 36.8. The Labute approximate surface area is 387 Å². The molecule has 11 aromatic carbocycles. The minimum atomic E-state index is 0.876.